The number of allylic oxidation sites excluding steroid dienone is 1. The molecule has 0 bridgehead atoms. The third-order valence-electron chi connectivity index (χ3n) is 1.05. The lowest BCUT2D eigenvalue weighted by Gasteiger charge is -1.91. The first kappa shape index (κ1) is 9.21. The standard InChI is InChI=1S/C8H16N2/c1-3-5-7-9-10-8-6-4-2/h3,5,8-9H,4,6-7H2,1-2H3/b5-3+,10-8+. The highest BCUT2D eigenvalue weighted by Crippen LogP contribution is 1.78. The average Bonchev–Trinajstić information content (AvgIpc) is 1.97. The molecule has 0 amide bonds. The van der Waals surface area contributed by atoms with Gasteiger partial charge in [-0.1, -0.05) is 25.5 Å². The van der Waals surface area contributed by atoms with E-state index in [4.69, 9.17) is 0 Å². The second-order valence-electron chi connectivity index (χ2n) is 2.03. The number of hydrogen-bond donors (Lipinski definition) is 1. The van der Waals surface area contributed by atoms with Gasteiger partial charge in [-0.2, -0.15) is 5.10 Å². The van der Waals surface area contributed by atoms with Gasteiger partial charge in [-0.3, -0.25) is 0 Å². The summed E-state index contributed by atoms with van der Waals surface area (Å²) in [5.74, 6) is 0. The average molecular weight is 140 g/mol. The highest BCUT2D eigenvalue weighted by atomic mass is 15.3. The molecule has 0 fully saturated rings. The summed E-state index contributed by atoms with van der Waals surface area (Å²) in [6.45, 7) is 4.96. The van der Waals surface area contributed by atoms with Gasteiger partial charge in [0, 0.05) is 6.21 Å². The monoisotopic (exact) mass is 140 g/mol. The molecule has 0 aromatic carbocycles. The van der Waals surface area contributed by atoms with E-state index < -0.39 is 0 Å². The first-order chi connectivity index (χ1) is 4.91. The number of hydrogen-bond acceptors (Lipinski definition) is 2. The fourth-order valence-corrected chi connectivity index (χ4v) is 0.481. The molecule has 0 radical (unpaired) electrons. The molecule has 0 aliphatic carbocycles. The van der Waals surface area contributed by atoms with E-state index in [1.165, 1.54) is 0 Å². The van der Waals surface area contributed by atoms with Crippen LogP contribution in [0, 0.1) is 0 Å². The lowest BCUT2D eigenvalue weighted by atomic mass is 10.4. The summed E-state index contributed by atoms with van der Waals surface area (Å²) >= 11 is 0. The molecule has 0 aliphatic rings. The van der Waals surface area contributed by atoms with Crippen molar-refractivity contribution in [3.8, 4) is 0 Å². The van der Waals surface area contributed by atoms with Crippen LogP contribution in [0.25, 0.3) is 0 Å². The van der Waals surface area contributed by atoms with Crippen LogP contribution in [0.2, 0.25) is 0 Å². The molecule has 0 aromatic heterocycles. The van der Waals surface area contributed by atoms with Crippen LogP contribution in [-0.2, 0) is 0 Å². The van der Waals surface area contributed by atoms with Crippen molar-refractivity contribution in [2.75, 3.05) is 6.54 Å². The topological polar surface area (TPSA) is 24.4 Å². The van der Waals surface area contributed by atoms with Gasteiger partial charge in [-0.25, -0.2) is 0 Å². The maximum absolute atomic E-state index is 3.97. The Labute approximate surface area is 63.0 Å². The Kier molecular flexibility index (Phi) is 7.56. The zero-order chi connectivity index (χ0) is 7.66. The Bertz CT molecular complexity index is 106. The molecule has 0 rings (SSSR count). The van der Waals surface area contributed by atoms with Crippen LogP contribution in [0.3, 0.4) is 0 Å². The molecule has 0 unspecified atom stereocenters. The Balaban J connectivity index is 3.02. The molecule has 58 valence electrons. The molecular weight excluding hydrogens is 124 g/mol. The summed E-state index contributed by atoms with van der Waals surface area (Å²) in [6, 6.07) is 0. The van der Waals surface area contributed by atoms with Gasteiger partial charge in [0.15, 0.2) is 0 Å². The van der Waals surface area contributed by atoms with Crippen LogP contribution >= 0.6 is 0 Å². The lowest BCUT2D eigenvalue weighted by molar-refractivity contribution is 0.821. The molecule has 0 spiro atoms. The second kappa shape index (κ2) is 8.21. The van der Waals surface area contributed by atoms with Crippen LogP contribution in [0.4, 0.5) is 0 Å². The van der Waals surface area contributed by atoms with Crippen LogP contribution in [-0.4, -0.2) is 12.8 Å². The smallest absolute Gasteiger partial charge is 0.0510 e. The quantitative estimate of drug-likeness (QED) is 0.268. The molecule has 0 atom stereocenters. The van der Waals surface area contributed by atoms with E-state index in [2.05, 4.69) is 17.5 Å². The SMILES string of the molecule is C/C=C/CN/N=C/CCC. The van der Waals surface area contributed by atoms with Crippen LogP contribution in [0.15, 0.2) is 17.3 Å². The minimum atomic E-state index is 0.830. The number of rotatable bonds is 5. The number of nitrogens with zero attached hydrogens (tertiary/aromatic N) is 1. The van der Waals surface area contributed by atoms with Crippen molar-refractivity contribution < 1.29 is 0 Å². The molecule has 0 aromatic rings. The van der Waals surface area contributed by atoms with Crippen molar-refractivity contribution in [3.63, 3.8) is 0 Å². The maximum atomic E-state index is 3.97. The van der Waals surface area contributed by atoms with Crippen molar-refractivity contribution in [2.24, 2.45) is 5.10 Å². The first-order valence-electron chi connectivity index (χ1n) is 3.77. The molecule has 0 saturated heterocycles. The van der Waals surface area contributed by atoms with Crippen LogP contribution in [0.5, 0.6) is 0 Å². The Morgan fingerprint density at radius 3 is 2.90 bits per heavy atom. The number of unbranched alkanes of at least 4 members (excludes halogenated alkanes) is 1. The van der Waals surface area contributed by atoms with Crippen molar-refractivity contribution in [3.05, 3.63) is 12.2 Å². The van der Waals surface area contributed by atoms with Gasteiger partial charge in [0.05, 0.1) is 6.54 Å². The minimum absolute atomic E-state index is 0.830. The minimum Gasteiger partial charge on any atom is -0.307 e. The van der Waals surface area contributed by atoms with E-state index in [0.717, 1.165) is 19.4 Å². The maximum Gasteiger partial charge on any atom is 0.0510 e. The Morgan fingerprint density at radius 2 is 2.30 bits per heavy atom. The normalized spacial score (nSPS) is 11.4. The molecule has 10 heavy (non-hydrogen) atoms. The highest BCUT2D eigenvalue weighted by Gasteiger charge is 1.72. The van der Waals surface area contributed by atoms with Gasteiger partial charge in [0.1, 0.15) is 0 Å². The van der Waals surface area contributed by atoms with Crippen LogP contribution < -0.4 is 5.43 Å². The van der Waals surface area contributed by atoms with Crippen molar-refractivity contribution in [1.82, 2.24) is 5.43 Å². The molecule has 0 heterocycles. The zero-order valence-corrected chi connectivity index (χ0v) is 6.80. The summed E-state index contributed by atoms with van der Waals surface area (Å²) in [5.41, 5.74) is 2.90. The highest BCUT2D eigenvalue weighted by molar-refractivity contribution is 5.56. The Morgan fingerprint density at radius 1 is 1.50 bits per heavy atom. The largest absolute Gasteiger partial charge is 0.307 e. The van der Waals surface area contributed by atoms with Gasteiger partial charge >= 0.3 is 0 Å². The fourth-order valence-electron chi connectivity index (χ4n) is 0.481. The van der Waals surface area contributed by atoms with Gasteiger partial charge in [0.25, 0.3) is 0 Å². The predicted octanol–water partition coefficient (Wildman–Crippen LogP) is 1.94. The molecular formula is C8H16N2. The van der Waals surface area contributed by atoms with E-state index >= 15 is 0 Å². The van der Waals surface area contributed by atoms with E-state index in [1.54, 1.807) is 0 Å². The Hall–Kier alpha value is -0.790. The summed E-state index contributed by atoms with van der Waals surface area (Å²) in [4.78, 5) is 0. The second-order valence-corrected chi connectivity index (χ2v) is 2.03. The van der Waals surface area contributed by atoms with Gasteiger partial charge in [-0.15, -0.1) is 0 Å². The van der Waals surface area contributed by atoms with E-state index in [0.29, 0.717) is 0 Å². The van der Waals surface area contributed by atoms with E-state index in [-0.39, 0.29) is 0 Å². The van der Waals surface area contributed by atoms with Gasteiger partial charge in [-0.05, 0) is 13.3 Å². The summed E-state index contributed by atoms with van der Waals surface area (Å²) in [7, 11) is 0. The third-order valence-corrected chi connectivity index (χ3v) is 1.05. The molecule has 2 heteroatoms. The van der Waals surface area contributed by atoms with Gasteiger partial charge in [0.2, 0.25) is 0 Å². The summed E-state index contributed by atoms with van der Waals surface area (Å²) in [5, 5.41) is 3.97. The van der Waals surface area contributed by atoms with Crippen LogP contribution in [0.1, 0.15) is 26.7 Å². The number of hydrazone groups is 1. The van der Waals surface area contributed by atoms with Crippen molar-refractivity contribution in [2.45, 2.75) is 26.7 Å². The predicted molar refractivity (Wildman–Crippen MR) is 46.2 cm³/mol. The fraction of sp³-hybridized carbons (Fsp3) is 0.625. The molecule has 0 saturated carbocycles. The van der Waals surface area contributed by atoms with E-state index in [1.807, 2.05) is 25.3 Å². The van der Waals surface area contributed by atoms with E-state index in [9.17, 15) is 0 Å². The molecule has 2 nitrogen and oxygen atoms in total. The lowest BCUT2D eigenvalue weighted by Crippen LogP contribution is -2.04. The number of nitrogens with one attached hydrogen (secondary N) is 1. The van der Waals surface area contributed by atoms with Crippen molar-refractivity contribution >= 4 is 6.21 Å². The summed E-state index contributed by atoms with van der Waals surface area (Å²) in [6.07, 6.45) is 8.16. The molecule has 1 N–H and O–H groups in total. The summed E-state index contributed by atoms with van der Waals surface area (Å²) < 4.78 is 0. The molecule has 0 aliphatic heterocycles. The first-order valence-corrected chi connectivity index (χ1v) is 3.77. The zero-order valence-electron chi connectivity index (χ0n) is 6.80. The van der Waals surface area contributed by atoms with Crippen molar-refractivity contribution in [1.29, 1.82) is 0 Å². The third kappa shape index (κ3) is 7.21. The van der Waals surface area contributed by atoms with Gasteiger partial charge < -0.3 is 5.43 Å².